The van der Waals surface area contributed by atoms with Gasteiger partial charge >= 0.3 is 0 Å². The van der Waals surface area contributed by atoms with Gasteiger partial charge in [-0.25, -0.2) is 4.39 Å². The molecule has 232 valence electrons. The Morgan fingerprint density at radius 3 is 2.28 bits per heavy atom. The maximum Gasteiger partial charge on any atom is 0.255 e. The zero-order valence-corrected chi connectivity index (χ0v) is 22.9. The van der Waals surface area contributed by atoms with Gasteiger partial charge in [0.1, 0.15) is 17.8 Å². The van der Waals surface area contributed by atoms with Gasteiger partial charge in [0, 0.05) is 17.9 Å². The van der Waals surface area contributed by atoms with Crippen molar-refractivity contribution in [1.82, 2.24) is 26.3 Å². The summed E-state index contributed by atoms with van der Waals surface area (Å²) in [6.07, 6.45) is -2.89. The smallest absolute Gasteiger partial charge is 0.255 e. The highest BCUT2D eigenvalue weighted by Crippen LogP contribution is 2.23. The lowest BCUT2D eigenvalue weighted by Gasteiger charge is -2.37. The number of carbonyl (C=O) groups is 4. The van der Waals surface area contributed by atoms with Gasteiger partial charge in [0.25, 0.3) is 11.9 Å². The largest absolute Gasteiger partial charge is 0.507 e. The van der Waals surface area contributed by atoms with Crippen LogP contribution >= 0.6 is 0 Å². The van der Waals surface area contributed by atoms with Gasteiger partial charge in [-0.3, -0.25) is 19.2 Å². The zero-order valence-electron chi connectivity index (χ0n) is 22.9. The molecule has 1 aromatic heterocycles. The Hall–Kier alpha value is -4.31. The molecule has 0 saturated carbocycles. The molecule has 6 atom stereocenters. The number of aromatic hydroxyl groups is 1. The second-order valence-electron chi connectivity index (χ2n) is 10.4. The second kappa shape index (κ2) is 12.9. The molecule has 2 fully saturated rings. The number of hydrogen-bond donors (Lipinski definition) is 6. The van der Waals surface area contributed by atoms with E-state index in [9.17, 15) is 47.0 Å². The third kappa shape index (κ3) is 6.69. The van der Waals surface area contributed by atoms with E-state index in [1.807, 2.05) is 0 Å². The number of nitrogens with one attached hydrogen (secondary N) is 4. The number of benzene rings is 1. The topological polar surface area (TPSA) is 179 Å². The predicted octanol–water partition coefficient (Wildman–Crippen LogP) is -0.184. The summed E-state index contributed by atoms with van der Waals surface area (Å²) in [5.41, 5.74) is -1.34. The van der Waals surface area contributed by atoms with Crippen LogP contribution in [0.15, 0.2) is 24.3 Å². The van der Waals surface area contributed by atoms with Gasteiger partial charge in [0.2, 0.25) is 29.5 Å². The van der Waals surface area contributed by atoms with Gasteiger partial charge in [-0.1, -0.05) is 19.1 Å². The molecule has 0 spiro atoms. The molecule has 6 unspecified atom stereocenters. The Kier molecular flexibility index (Phi) is 9.49. The molecule has 2 aliphatic rings. The van der Waals surface area contributed by atoms with Crippen molar-refractivity contribution in [3.63, 3.8) is 0 Å². The van der Waals surface area contributed by atoms with E-state index in [0.717, 1.165) is 0 Å². The van der Waals surface area contributed by atoms with Crippen molar-refractivity contribution >= 4 is 23.6 Å². The monoisotopic (exact) mass is 611 g/mol. The number of aliphatic hydroxyl groups is 1. The molecule has 0 aliphatic carbocycles. The summed E-state index contributed by atoms with van der Waals surface area (Å²) in [5, 5.41) is 31.0. The summed E-state index contributed by atoms with van der Waals surface area (Å²) >= 11 is 0. The summed E-state index contributed by atoms with van der Waals surface area (Å²) in [6, 6.07) is -0.333. The first kappa shape index (κ1) is 31.6. The molecular formula is C27H29F4N5O7. The van der Waals surface area contributed by atoms with Crippen molar-refractivity contribution in [3.05, 3.63) is 58.9 Å². The number of phenolic OH excluding ortho intramolecular Hbond substituents is 1. The lowest BCUT2D eigenvalue weighted by molar-refractivity contribution is -0.141. The van der Waals surface area contributed by atoms with Crippen LogP contribution in [0.25, 0.3) is 0 Å². The highest BCUT2D eigenvalue weighted by Gasteiger charge is 2.42. The highest BCUT2D eigenvalue weighted by molar-refractivity contribution is 6.00. The molecule has 2 aliphatic heterocycles. The lowest BCUT2D eigenvalue weighted by Crippen LogP contribution is -2.65. The Bertz CT molecular complexity index is 1430. The maximum absolute atomic E-state index is 14.6. The number of phenols is 1. The molecule has 43 heavy (non-hydrogen) atoms. The molecule has 2 saturated heterocycles. The Morgan fingerprint density at radius 2 is 1.65 bits per heavy atom. The average molecular weight is 612 g/mol. The van der Waals surface area contributed by atoms with Gasteiger partial charge in [0.05, 0.1) is 42.9 Å². The normalized spacial score (nSPS) is 27.1. The quantitative estimate of drug-likeness (QED) is 0.199. The van der Waals surface area contributed by atoms with E-state index < -0.39 is 107 Å². The Balaban J connectivity index is 1.73. The minimum atomic E-state index is -2.09. The van der Waals surface area contributed by atoms with E-state index in [-0.39, 0.29) is 18.8 Å². The van der Waals surface area contributed by atoms with Crippen molar-refractivity contribution in [3.8, 4) is 5.75 Å². The maximum atomic E-state index is 14.6. The minimum absolute atomic E-state index is 0.113. The first-order valence-corrected chi connectivity index (χ1v) is 13.2. The van der Waals surface area contributed by atoms with Gasteiger partial charge in [-0.15, -0.1) is 0 Å². The molecule has 16 heteroatoms. The van der Waals surface area contributed by atoms with Crippen LogP contribution in [0, 0.1) is 35.4 Å². The number of pyridine rings is 1. The van der Waals surface area contributed by atoms with E-state index in [2.05, 4.69) is 26.3 Å². The molecule has 1 aromatic carbocycles. The van der Waals surface area contributed by atoms with Gasteiger partial charge in [-0.05, 0) is 19.1 Å². The molecule has 12 nitrogen and oxygen atoms in total. The number of nitrogens with zero attached hydrogens (tertiary/aromatic N) is 1. The van der Waals surface area contributed by atoms with Gasteiger partial charge < -0.3 is 36.2 Å². The minimum Gasteiger partial charge on any atom is -0.507 e. The number of carbonyl (C=O) groups excluding carboxylic acids is 4. The van der Waals surface area contributed by atoms with Crippen molar-refractivity contribution in [2.24, 2.45) is 11.8 Å². The number of hydrogen-bond acceptors (Lipinski definition) is 8. The number of rotatable bonds is 5. The Morgan fingerprint density at radius 1 is 0.977 bits per heavy atom. The molecule has 0 radical (unpaired) electrons. The van der Waals surface area contributed by atoms with E-state index in [1.54, 1.807) is 0 Å². The highest BCUT2D eigenvalue weighted by atomic mass is 19.2. The van der Waals surface area contributed by atoms with Gasteiger partial charge in [-0.2, -0.15) is 18.2 Å². The van der Waals surface area contributed by atoms with Crippen molar-refractivity contribution < 1.29 is 51.7 Å². The fraction of sp³-hybridized carbons (Fsp3) is 0.444. The molecule has 3 heterocycles. The fourth-order valence-corrected chi connectivity index (χ4v) is 4.77. The van der Waals surface area contributed by atoms with Crippen molar-refractivity contribution in [2.75, 3.05) is 13.2 Å². The summed E-state index contributed by atoms with van der Waals surface area (Å²) in [6.45, 7) is 2.79. The first-order valence-electron chi connectivity index (χ1n) is 13.2. The number of halogens is 4. The lowest BCUT2D eigenvalue weighted by atomic mass is 9.90. The van der Waals surface area contributed by atoms with E-state index >= 15 is 0 Å². The van der Waals surface area contributed by atoms with Crippen molar-refractivity contribution in [2.45, 2.75) is 50.5 Å². The van der Waals surface area contributed by atoms with E-state index in [4.69, 9.17) is 4.74 Å². The zero-order chi connectivity index (χ0) is 31.6. The molecule has 4 rings (SSSR count). The summed E-state index contributed by atoms with van der Waals surface area (Å²) in [5.74, 6) is -13.8. The van der Waals surface area contributed by atoms with Crippen molar-refractivity contribution in [1.29, 1.82) is 0 Å². The van der Waals surface area contributed by atoms with Crippen LogP contribution in [0.1, 0.15) is 29.8 Å². The second-order valence-corrected chi connectivity index (χ2v) is 10.4. The SMILES string of the molecule is CC1NC(=O)C(C2COC2)NC(=O)C(C)C(O)C(Cc2c(F)nc(F)c(F)c2F)NC(=O)C1NC(=O)c1ccccc1O. The number of para-hydroxylation sites is 1. The van der Waals surface area contributed by atoms with Crippen LogP contribution in [-0.4, -0.2) is 82.3 Å². The molecule has 6 N–H and O–H groups in total. The summed E-state index contributed by atoms with van der Waals surface area (Å²) < 4.78 is 61.6. The molecular weight excluding hydrogens is 582 g/mol. The van der Waals surface area contributed by atoms with Crippen LogP contribution in [0.2, 0.25) is 0 Å². The third-order valence-corrected chi connectivity index (χ3v) is 7.48. The molecule has 4 amide bonds. The van der Waals surface area contributed by atoms with Crippen LogP contribution < -0.4 is 21.3 Å². The average Bonchev–Trinajstić information content (AvgIpc) is 2.93. The van der Waals surface area contributed by atoms with Crippen LogP contribution in [-0.2, 0) is 25.5 Å². The number of amides is 4. The van der Waals surface area contributed by atoms with E-state index in [1.165, 1.54) is 38.1 Å². The van der Waals surface area contributed by atoms with Gasteiger partial charge in [0.15, 0.2) is 5.82 Å². The van der Waals surface area contributed by atoms with Crippen LogP contribution in [0.3, 0.4) is 0 Å². The molecule has 0 bridgehead atoms. The fourth-order valence-electron chi connectivity index (χ4n) is 4.77. The number of ether oxygens (including phenoxy) is 1. The summed E-state index contributed by atoms with van der Waals surface area (Å²) in [4.78, 5) is 55.6. The summed E-state index contributed by atoms with van der Waals surface area (Å²) in [7, 11) is 0. The number of aromatic nitrogens is 1. The molecule has 2 aromatic rings. The predicted molar refractivity (Wildman–Crippen MR) is 138 cm³/mol. The third-order valence-electron chi connectivity index (χ3n) is 7.48. The van der Waals surface area contributed by atoms with E-state index in [0.29, 0.717) is 0 Å². The van der Waals surface area contributed by atoms with Crippen LogP contribution in [0.4, 0.5) is 17.6 Å². The van der Waals surface area contributed by atoms with Crippen LogP contribution in [0.5, 0.6) is 5.75 Å². The number of aliphatic hydroxyl groups excluding tert-OH is 1. The first-order chi connectivity index (χ1) is 20.3. The standard InChI is InChI=1S/C27H29F4N5O7/c1-10-21(38)15(7-14-17(28)18(29)23(31)36-22(14)30)33-26(41)19(34-25(40)13-5-3-4-6-16(13)37)11(2)32-27(42)20(35-24(10)39)12-8-43-9-12/h3-6,10-12,15,19-21,37-38H,7-9H2,1-2H3,(H,32,42)(H,33,41)(H,34,40)(H,35,39). The Labute approximate surface area is 242 Å².